The summed E-state index contributed by atoms with van der Waals surface area (Å²) in [5.41, 5.74) is 2.32. The minimum absolute atomic E-state index is 0.184. The number of aromatic nitrogens is 2. The van der Waals surface area contributed by atoms with E-state index in [1.165, 1.54) is 0 Å². The highest BCUT2D eigenvalue weighted by Crippen LogP contribution is 2.41. The van der Waals surface area contributed by atoms with Gasteiger partial charge in [-0.15, -0.1) is 5.10 Å². The van der Waals surface area contributed by atoms with Crippen LogP contribution in [0.5, 0.6) is 5.75 Å². The zero-order chi connectivity index (χ0) is 17.6. The molecule has 2 rings (SSSR count). The first-order chi connectivity index (χ1) is 10.4. The first-order valence-corrected chi connectivity index (χ1v) is 7.84. The van der Waals surface area contributed by atoms with Crippen LogP contribution in [0.2, 0.25) is 0 Å². The molecule has 1 aromatic carbocycles. The fraction of sp³-hybridized carbons (Fsp3) is 0.556. The minimum atomic E-state index is -0.558. The van der Waals surface area contributed by atoms with Gasteiger partial charge in [0.2, 0.25) is 5.89 Å². The molecule has 5 heteroatoms. The van der Waals surface area contributed by atoms with Crippen molar-refractivity contribution in [1.29, 1.82) is 0 Å². The Morgan fingerprint density at radius 1 is 1.09 bits per heavy atom. The largest absolute Gasteiger partial charge is 0.507 e. The lowest BCUT2D eigenvalue weighted by molar-refractivity contribution is 0.420. The van der Waals surface area contributed by atoms with Gasteiger partial charge in [0, 0.05) is 0 Å². The average Bonchev–Trinajstić information content (AvgIpc) is 2.82. The standard InChI is InChI=1S/C18H26N2O3/c1-10(15-19-20-16(22)23-15)11-8-12(17(2,3)4)14(21)13(9-11)18(5,6)7/h8-10,21H,1-7H3,(H,20,22). The van der Waals surface area contributed by atoms with E-state index >= 15 is 0 Å². The van der Waals surface area contributed by atoms with E-state index in [0.29, 0.717) is 11.6 Å². The van der Waals surface area contributed by atoms with E-state index in [2.05, 4.69) is 51.7 Å². The van der Waals surface area contributed by atoms with E-state index in [4.69, 9.17) is 4.42 Å². The Balaban J connectivity index is 2.67. The summed E-state index contributed by atoms with van der Waals surface area (Å²) in [6.07, 6.45) is 0. The number of phenolic OH excluding ortho intramolecular Hbond substituents is 1. The van der Waals surface area contributed by atoms with Crippen molar-refractivity contribution in [3.05, 3.63) is 45.3 Å². The van der Waals surface area contributed by atoms with Crippen LogP contribution < -0.4 is 5.76 Å². The number of aromatic amines is 1. The first kappa shape index (κ1) is 17.3. The van der Waals surface area contributed by atoms with Crippen LogP contribution in [0.1, 0.15) is 77.0 Å². The van der Waals surface area contributed by atoms with Gasteiger partial charge in [-0.05, 0) is 34.4 Å². The zero-order valence-electron chi connectivity index (χ0n) is 14.9. The molecule has 5 nitrogen and oxygen atoms in total. The molecule has 126 valence electrons. The third-order valence-electron chi connectivity index (χ3n) is 4.07. The molecule has 1 unspecified atom stereocenters. The molecular formula is C18H26N2O3. The maximum Gasteiger partial charge on any atom is 0.434 e. The Bertz CT molecular complexity index is 723. The summed E-state index contributed by atoms with van der Waals surface area (Å²) < 4.78 is 5.10. The molecule has 0 aliphatic carbocycles. The van der Waals surface area contributed by atoms with Crippen molar-refractivity contribution in [2.45, 2.75) is 65.2 Å². The fourth-order valence-electron chi connectivity index (χ4n) is 2.62. The highest BCUT2D eigenvalue weighted by atomic mass is 16.4. The van der Waals surface area contributed by atoms with Crippen LogP contribution in [0.3, 0.4) is 0 Å². The van der Waals surface area contributed by atoms with Gasteiger partial charge >= 0.3 is 5.76 Å². The van der Waals surface area contributed by atoms with Crippen molar-refractivity contribution >= 4 is 0 Å². The molecule has 0 saturated carbocycles. The molecule has 23 heavy (non-hydrogen) atoms. The van der Waals surface area contributed by atoms with Gasteiger partial charge in [0.25, 0.3) is 0 Å². The second-order valence-electron chi connectivity index (χ2n) is 8.14. The van der Waals surface area contributed by atoms with Gasteiger partial charge < -0.3 is 9.52 Å². The number of aromatic hydroxyl groups is 1. The molecule has 0 fully saturated rings. The monoisotopic (exact) mass is 318 g/mol. The molecular weight excluding hydrogens is 292 g/mol. The van der Waals surface area contributed by atoms with Gasteiger partial charge in [-0.2, -0.15) is 0 Å². The number of hydrogen-bond donors (Lipinski definition) is 2. The lowest BCUT2D eigenvalue weighted by Gasteiger charge is -2.29. The number of benzene rings is 1. The maximum absolute atomic E-state index is 11.2. The maximum atomic E-state index is 11.2. The van der Waals surface area contributed by atoms with Crippen molar-refractivity contribution < 1.29 is 9.52 Å². The van der Waals surface area contributed by atoms with Crippen molar-refractivity contribution in [3.8, 4) is 5.75 Å². The Morgan fingerprint density at radius 2 is 1.57 bits per heavy atom. The topological polar surface area (TPSA) is 79.1 Å². The molecule has 0 amide bonds. The molecule has 0 radical (unpaired) electrons. The smallest absolute Gasteiger partial charge is 0.434 e. The van der Waals surface area contributed by atoms with Crippen LogP contribution in [-0.4, -0.2) is 15.3 Å². The molecule has 1 heterocycles. The Hall–Kier alpha value is -2.04. The van der Waals surface area contributed by atoms with Crippen molar-refractivity contribution in [1.82, 2.24) is 10.2 Å². The summed E-state index contributed by atoms with van der Waals surface area (Å²) in [6, 6.07) is 3.95. The quantitative estimate of drug-likeness (QED) is 0.882. The fourth-order valence-corrected chi connectivity index (χ4v) is 2.62. The number of hydrogen-bond acceptors (Lipinski definition) is 4. The molecule has 2 aromatic rings. The van der Waals surface area contributed by atoms with Crippen molar-refractivity contribution in [2.75, 3.05) is 0 Å². The highest BCUT2D eigenvalue weighted by Gasteiger charge is 2.28. The van der Waals surface area contributed by atoms with E-state index < -0.39 is 5.76 Å². The number of nitrogens with one attached hydrogen (secondary N) is 1. The van der Waals surface area contributed by atoms with Crippen LogP contribution in [0.25, 0.3) is 0 Å². The van der Waals surface area contributed by atoms with E-state index in [0.717, 1.165) is 16.7 Å². The molecule has 1 atom stereocenters. The van der Waals surface area contributed by atoms with E-state index in [1.807, 2.05) is 19.1 Å². The summed E-state index contributed by atoms with van der Waals surface area (Å²) in [7, 11) is 0. The molecule has 0 aliphatic rings. The Morgan fingerprint density at radius 3 is 1.91 bits per heavy atom. The van der Waals surface area contributed by atoms with Gasteiger partial charge in [-0.1, -0.05) is 53.7 Å². The molecule has 0 spiro atoms. The lowest BCUT2D eigenvalue weighted by Crippen LogP contribution is -2.18. The Labute approximate surface area is 136 Å². The van der Waals surface area contributed by atoms with E-state index in [9.17, 15) is 9.90 Å². The van der Waals surface area contributed by atoms with Crippen LogP contribution in [0.15, 0.2) is 21.3 Å². The minimum Gasteiger partial charge on any atom is -0.507 e. The first-order valence-electron chi connectivity index (χ1n) is 7.84. The van der Waals surface area contributed by atoms with Crippen molar-refractivity contribution in [2.24, 2.45) is 0 Å². The van der Waals surface area contributed by atoms with Crippen LogP contribution in [-0.2, 0) is 10.8 Å². The average molecular weight is 318 g/mol. The number of phenols is 1. The predicted octanol–water partition coefficient (Wildman–Crippen LogP) is 3.82. The van der Waals surface area contributed by atoms with E-state index in [1.54, 1.807) is 0 Å². The van der Waals surface area contributed by atoms with Gasteiger partial charge in [-0.3, -0.25) is 0 Å². The second kappa shape index (κ2) is 5.55. The molecule has 0 aliphatic heterocycles. The molecule has 0 bridgehead atoms. The summed E-state index contributed by atoms with van der Waals surface area (Å²) in [4.78, 5) is 11.2. The van der Waals surface area contributed by atoms with Gasteiger partial charge in [-0.25, -0.2) is 9.89 Å². The third-order valence-corrected chi connectivity index (χ3v) is 4.07. The molecule has 1 aromatic heterocycles. The van der Waals surface area contributed by atoms with Gasteiger partial charge in [0.15, 0.2) is 0 Å². The summed E-state index contributed by atoms with van der Waals surface area (Å²) >= 11 is 0. The number of rotatable bonds is 2. The normalized spacial score (nSPS) is 14.0. The summed E-state index contributed by atoms with van der Waals surface area (Å²) in [6.45, 7) is 14.3. The van der Waals surface area contributed by atoms with Crippen LogP contribution in [0.4, 0.5) is 0 Å². The van der Waals surface area contributed by atoms with Crippen LogP contribution >= 0.6 is 0 Å². The molecule has 2 N–H and O–H groups in total. The Kier molecular flexibility index (Phi) is 4.18. The summed E-state index contributed by atoms with van der Waals surface area (Å²) in [5.74, 6) is -0.0562. The summed E-state index contributed by atoms with van der Waals surface area (Å²) in [5, 5.41) is 17.0. The van der Waals surface area contributed by atoms with Gasteiger partial charge in [0.1, 0.15) is 5.75 Å². The van der Waals surface area contributed by atoms with E-state index in [-0.39, 0.29) is 16.7 Å². The van der Waals surface area contributed by atoms with Crippen LogP contribution in [0, 0.1) is 0 Å². The number of nitrogens with zero attached hydrogens (tertiary/aromatic N) is 1. The predicted molar refractivity (Wildman–Crippen MR) is 90.1 cm³/mol. The lowest BCUT2D eigenvalue weighted by atomic mass is 9.77. The van der Waals surface area contributed by atoms with Gasteiger partial charge in [0.05, 0.1) is 5.92 Å². The SMILES string of the molecule is CC(c1cc(C(C)(C)C)c(O)c(C(C)(C)C)c1)c1n[nH]c(=O)o1. The third kappa shape index (κ3) is 3.49. The zero-order valence-corrected chi connectivity index (χ0v) is 14.9. The number of H-pyrrole nitrogens is 1. The van der Waals surface area contributed by atoms with Crippen molar-refractivity contribution in [3.63, 3.8) is 0 Å². The highest BCUT2D eigenvalue weighted by molar-refractivity contribution is 5.51. The molecule has 0 saturated heterocycles. The second-order valence-corrected chi connectivity index (χ2v) is 8.14.